The zero-order valence-corrected chi connectivity index (χ0v) is 17.5. The van der Waals surface area contributed by atoms with E-state index in [2.05, 4.69) is 10.6 Å². The molecule has 27 heavy (non-hydrogen) atoms. The minimum absolute atomic E-state index is 0.0703. The maximum atomic E-state index is 12.4. The van der Waals surface area contributed by atoms with Gasteiger partial charge >= 0.3 is 0 Å². The number of carbonyl (C=O) groups excluding carboxylic acids is 2. The van der Waals surface area contributed by atoms with Crippen molar-refractivity contribution in [2.24, 2.45) is 0 Å². The Morgan fingerprint density at radius 2 is 1.89 bits per heavy atom. The normalized spacial score (nSPS) is 11.7. The molecular formula is C20H22Cl2N2O2S. The largest absolute Gasteiger partial charge is 0.350 e. The average molecular weight is 425 g/mol. The van der Waals surface area contributed by atoms with Crippen LogP contribution in [0.15, 0.2) is 42.5 Å². The summed E-state index contributed by atoms with van der Waals surface area (Å²) in [4.78, 5) is 24.7. The first-order valence-electron chi connectivity index (χ1n) is 8.62. The SMILES string of the molecule is CCC(C)NC(=O)c1ccccc1NC(=O)CSCc1ccc(Cl)cc1Cl. The summed E-state index contributed by atoms with van der Waals surface area (Å²) in [6.07, 6.45) is 0.837. The van der Waals surface area contributed by atoms with Crippen LogP contribution in [0.1, 0.15) is 36.2 Å². The highest BCUT2D eigenvalue weighted by Crippen LogP contribution is 2.25. The molecule has 4 nitrogen and oxygen atoms in total. The number of para-hydroxylation sites is 1. The maximum absolute atomic E-state index is 12.4. The van der Waals surface area contributed by atoms with Crippen molar-refractivity contribution in [3.63, 3.8) is 0 Å². The second-order valence-corrected chi connectivity index (χ2v) is 7.93. The van der Waals surface area contributed by atoms with Gasteiger partial charge in [0.25, 0.3) is 5.91 Å². The molecule has 2 amide bonds. The number of rotatable bonds is 8. The molecule has 2 N–H and O–H groups in total. The fourth-order valence-corrected chi connectivity index (χ4v) is 3.66. The third-order valence-corrected chi connectivity index (χ3v) is 5.51. The van der Waals surface area contributed by atoms with E-state index in [1.54, 1.807) is 36.4 Å². The van der Waals surface area contributed by atoms with E-state index in [0.717, 1.165) is 12.0 Å². The van der Waals surface area contributed by atoms with Crippen LogP contribution >= 0.6 is 35.0 Å². The number of nitrogens with one attached hydrogen (secondary N) is 2. The van der Waals surface area contributed by atoms with Gasteiger partial charge in [-0.3, -0.25) is 9.59 Å². The minimum atomic E-state index is -0.194. The fourth-order valence-electron chi connectivity index (χ4n) is 2.27. The molecule has 2 aromatic carbocycles. The van der Waals surface area contributed by atoms with Crippen molar-refractivity contribution in [1.29, 1.82) is 0 Å². The predicted molar refractivity (Wildman–Crippen MR) is 115 cm³/mol. The summed E-state index contributed by atoms with van der Waals surface area (Å²) in [5.74, 6) is 0.481. The summed E-state index contributed by atoms with van der Waals surface area (Å²) in [6, 6.07) is 12.4. The number of amides is 2. The second kappa shape index (κ2) is 10.6. The summed E-state index contributed by atoms with van der Waals surface area (Å²) in [7, 11) is 0. The molecule has 1 atom stereocenters. The lowest BCUT2D eigenvalue weighted by Crippen LogP contribution is -2.32. The zero-order valence-electron chi connectivity index (χ0n) is 15.2. The first kappa shape index (κ1) is 21.6. The van der Waals surface area contributed by atoms with Crippen molar-refractivity contribution in [1.82, 2.24) is 5.32 Å². The van der Waals surface area contributed by atoms with Gasteiger partial charge in [0.2, 0.25) is 5.91 Å². The molecule has 2 aromatic rings. The molecule has 0 heterocycles. The smallest absolute Gasteiger partial charge is 0.253 e. The molecule has 0 saturated carbocycles. The van der Waals surface area contributed by atoms with Crippen LogP contribution in [0.2, 0.25) is 10.0 Å². The highest BCUT2D eigenvalue weighted by Gasteiger charge is 2.14. The molecule has 1 unspecified atom stereocenters. The van der Waals surface area contributed by atoms with Crippen molar-refractivity contribution in [2.45, 2.75) is 32.1 Å². The van der Waals surface area contributed by atoms with Crippen molar-refractivity contribution >= 4 is 52.5 Å². The molecule has 0 radical (unpaired) electrons. The number of hydrogen-bond acceptors (Lipinski definition) is 3. The Kier molecular flexibility index (Phi) is 8.48. The van der Waals surface area contributed by atoms with Gasteiger partial charge < -0.3 is 10.6 Å². The highest BCUT2D eigenvalue weighted by atomic mass is 35.5. The van der Waals surface area contributed by atoms with Crippen molar-refractivity contribution in [2.75, 3.05) is 11.1 Å². The summed E-state index contributed by atoms with van der Waals surface area (Å²) in [5, 5.41) is 6.90. The van der Waals surface area contributed by atoms with Crippen LogP contribution in [0.5, 0.6) is 0 Å². The van der Waals surface area contributed by atoms with E-state index in [0.29, 0.717) is 27.0 Å². The maximum Gasteiger partial charge on any atom is 0.253 e. The van der Waals surface area contributed by atoms with Gasteiger partial charge in [0, 0.05) is 21.8 Å². The van der Waals surface area contributed by atoms with Gasteiger partial charge in [-0.15, -0.1) is 11.8 Å². The van der Waals surface area contributed by atoms with Gasteiger partial charge in [0.15, 0.2) is 0 Å². The Bertz CT molecular complexity index is 814. The molecule has 0 bridgehead atoms. The van der Waals surface area contributed by atoms with Gasteiger partial charge in [-0.05, 0) is 43.2 Å². The molecule has 7 heteroatoms. The topological polar surface area (TPSA) is 58.2 Å². The molecule has 0 fully saturated rings. The van der Waals surface area contributed by atoms with Gasteiger partial charge in [-0.1, -0.05) is 48.3 Å². The molecule has 0 aromatic heterocycles. The van der Waals surface area contributed by atoms with E-state index in [-0.39, 0.29) is 23.6 Å². The number of halogens is 2. The summed E-state index contributed by atoms with van der Waals surface area (Å²) in [6.45, 7) is 3.94. The van der Waals surface area contributed by atoms with Crippen LogP contribution in [-0.4, -0.2) is 23.6 Å². The molecular weight excluding hydrogens is 403 g/mol. The lowest BCUT2D eigenvalue weighted by atomic mass is 10.1. The average Bonchev–Trinajstić information content (AvgIpc) is 2.63. The molecule has 0 aliphatic heterocycles. The van der Waals surface area contributed by atoms with Gasteiger partial charge in [0.05, 0.1) is 17.0 Å². The lowest BCUT2D eigenvalue weighted by Gasteiger charge is -2.14. The second-order valence-electron chi connectivity index (χ2n) is 6.11. The van der Waals surface area contributed by atoms with Gasteiger partial charge in [-0.25, -0.2) is 0 Å². The van der Waals surface area contributed by atoms with E-state index in [1.165, 1.54) is 11.8 Å². The number of carbonyl (C=O) groups is 2. The molecule has 0 spiro atoms. The third-order valence-electron chi connectivity index (χ3n) is 3.94. The number of anilines is 1. The first-order chi connectivity index (χ1) is 12.9. The third kappa shape index (κ3) is 6.76. The zero-order chi connectivity index (χ0) is 19.8. The van der Waals surface area contributed by atoms with Crippen LogP contribution in [-0.2, 0) is 10.5 Å². The van der Waals surface area contributed by atoms with Crippen molar-refractivity contribution < 1.29 is 9.59 Å². The van der Waals surface area contributed by atoms with E-state index in [4.69, 9.17) is 23.2 Å². The fraction of sp³-hybridized carbons (Fsp3) is 0.300. The Balaban J connectivity index is 1.93. The van der Waals surface area contributed by atoms with Crippen molar-refractivity contribution in [3.8, 4) is 0 Å². The monoisotopic (exact) mass is 424 g/mol. The molecule has 2 rings (SSSR count). The quantitative estimate of drug-likeness (QED) is 0.596. The van der Waals surface area contributed by atoms with Crippen LogP contribution < -0.4 is 10.6 Å². The van der Waals surface area contributed by atoms with E-state index < -0.39 is 0 Å². The van der Waals surface area contributed by atoms with Crippen LogP contribution in [0.25, 0.3) is 0 Å². The summed E-state index contributed by atoms with van der Waals surface area (Å²) >= 11 is 13.5. The number of benzene rings is 2. The summed E-state index contributed by atoms with van der Waals surface area (Å²) in [5.41, 5.74) is 1.89. The Morgan fingerprint density at radius 3 is 2.59 bits per heavy atom. The summed E-state index contributed by atoms with van der Waals surface area (Å²) < 4.78 is 0. The Labute approximate surface area is 174 Å². The number of hydrogen-bond donors (Lipinski definition) is 2. The Hall–Kier alpha value is -1.69. The van der Waals surface area contributed by atoms with Crippen LogP contribution in [0.4, 0.5) is 5.69 Å². The minimum Gasteiger partial charge on any atom is -0.350 e. The van der Waals surface area contributed by atoms with Gasteiger partial charge in [0.1, 0.15) is 0 Å². The molecule has 0 aliphatic rings. The van der Waals surface area contributed by atoms with Gasteiger partial charge in [-0.2, -0.15) is 0 Å². The highest BCUT2D eigenvalue weighted by molar-refractivity contribution is 7.99. The molecule has 0 saturated heterocycles. The standard InChI is InChI=1S/C20H22Cl2N2O2S/c1-3-13(2)23-20(26)16-6-4-5-7-18(16)24-19(25)12-27-11-14-8-9-15(21)10-17(14)22/h4-10,13H,3,11-12H2,1-2H3,(H,23,26)(H,24,25). The van der Waals surface area contributed by atoms with Crippen LogP contribution in [0, 0.1) is 0 Å². The van der Waals surface area contributed by atoms with E-state index >= 15 is 0 Å². The number of thioether (sulfide) groups is 1. The van der Waals surface area contributed by atoms with Crippen molar-refractivity contribution in [3.05, 3.63) is 63.6 Å². The molecule has 0 aliphatic carbocycles. The van der Waals surface area contributed by atoms with E-state index in [1.807, 2.05) is 19.9 Å². The predicted octanol–water partition coefficient (Wildman–Crippen LogP) is 5.39. The first-order valence-corrected chi connectivity index (χ1v) is 10.5. The van der Waals surface area contributed by atoms with Crippen LogP contribution in [0.3, 0.4) is 0 Å². The Morgan fingerprint density at radius 1 is 1.15 bits per heavy atom. The van der Waals surface area contributed by atoms with E-state index in [9.17, 15) is 9.59 Å². The lowest BCUT2D eigenvalue weighted by molar-refractivity contribution is -0.113. The molecule has 144 valence electrons.